The number of H-pyrrole nitrogens is 1. The van der Waals surface area contributed by atoms with Crippen molar-refractivity contribution in [2.45, 2.75) is 0 Å². The first-order valence-corrected chi connectivity index (χ1v) is 1.45. The van der Waals surface area contributed by atoms with Crippen molar-refractivity contribution in [3.63, 3.8) is 0 Å². The summed E-state index contributed by atoms with van der Waals surface area (Å²) in [4.78, 5) is 0. The van der Waals surface area contributed by atoms with Gasteiger partial charge >= 0.3 is 0 Å². The first-order valence-electron chi connectivity index (χ1n) is 2.40. The highest BCUT2D eigenvalue weighted by Crippen LogP contribution is 1.94. The molecule has 1 aromatic heterocycles. The minimum atomic E-state index is -0.287. The number of aromatic amines is 1. The maximum atomic E-state index is 8.46. The fourth-order valence-electron chi connectivity index (χ4n) is 0.196. The van der Waals surface area contributed by atoms with E-state index in [1.807, 2.05) is 0 Å². The molecule has 0 saturated heterocycles. The van der Waals surface area contributed by atoms with Crippen LogP contribution in [-0.2, 0) is 0 Å². The van der Waals surface area contributed by atoms with E-state index in [-0.39, 0.29) is 12.1 Å². The molecule has 0 atom stereocenters. The predicted octanol–water partition coefficient (Wildman–Crippen LogP) is 0.115. The van der Waals surface area contributed by atoms with Gasteiger partial charge in [0, 0.05) is 12.2 Å². The van der Waals surface area contributed by atoms with Gasteiger partial charge in [-0.25, -0.2) is 0 Å². The Balaban J connectivity index is 3.14. The summed E-state index contributed by atoms with van der Waals surface area (Å²) in [5, 5.41) is 12.2. The lowest BCUT2D eigenvalue weighted by molar-refractivity contribution is 0.452. The average Bonchev–Trinajstić information content (AvgIpc) is 1.85. The zero-order valence-electron chi connectivity index (χ0n) is 4.92. The molecule has 3 heteroatoms. The third-order valence-electron chi connectivity index (χ3n) is 0.404. The van der Waals surface area contributed by atoms with Crippen LogP contribution in [0, 0.1) is 0 Å². The van der Waals surface area contributed by atoms with Crippen LogP contribution in [0.1, 0.15) is 1.37 Å². The number of nitrogens with zero attached hydrogens (tertiary/aromatic N) is 1. The Labute approximate surface area is 37.5 Å². The van der Waals surface area contributed by atoms with Crippen molar-refractivity contribution < 1.29 is 7.89 Å². The SMILES string of the molecule is [2H]c1cc(O)nn1[2H]. The minimum absolute atomic E-state index is 0.123. The monoisotopic (exact) mass is 86.0 g/mol. The van der Waals surface area contributed by atoms with Gasteiger partial charge in [0.1, 0.15) is 0 Å². The van der Waals surface area contributed by atoms with E-state index in [9.17, 15) is 0 Å². The molecule has 0 bridgehead atoms. The number of hydrogen-bond acceptors (Lipinski definition) is 2. The van der Waals surface area contributed by atoms with Gasteiger partial charge in [-0.2, -0.15) is 0 Å². The number of nitrogens with one attached hydrogen (secondary N) is 1. The second kappa shape index (κ2) is 1.01. The van der Waals surface area contributed by atoms with E-state index < -0.39 is 0 Å². The van der Waals surface area contributed by atoms with Gasteiger partial charge in [-0.3, -0.25) is 5.09 Å². The molecule has 0 aliphatic heterocycles. The molecule has 32 valence electrons. The molecule has 0 saturated carbocycles. The van der Waals surface area contributed by atoms with Gasteiger partial charge in [0.2, 0.25) is 5.88 Å². The summed E-state index contributed by atoms with van der Waals surface area (Å²) >= 11 is 0. The van der Waals surface area contributed by atoms with Crippen LogP contribution >= 0.6 is 0 Å². The molecule has 3 nitrogen and oxygen atoms in total. The average molecular weight is 86.1 g/mol. The lowest BCUT2D eigenvalue weighted by Gasteiger charge is -1.66. The molecule has 0 spiro atoms. The summed E-state index contributed by atoms with van der Waals surface area (Å²) in [6, 6.07) is 1.09. The Bertz CT molecular complexity index is 178. The van der Waals surface area contributed by atoms with Crippen molar-refractivity contribution in [2.24, 2.45) is 0 Å². The molecule has 0 fully saturated rings. The van der Waals surface area contributed by atoms with Crippen LogP contribution in [-0.4, -0.2) is 15.3 Å². The van der Waals surface area contributed by atoms with Crippen molar-refractivity contribution in [3.05, 3.63) is 12.2 Å². The van der Waals surface area contributed by atoms with Crippen LogP contribution in [0.4, 0.5) is 0 Å². The Hall–Kier alpha value is -0.990. The Morgan fingerprint density at radius 2 is 3.17 bits per heavy atom. The highest BCUT2D eigenvalue weighted by Gasteiger charge is 1.78. The Kier molecular flexibility index (Phi) is 0.275. The second-order valence-electron chi connectivity index (χ2n) is 0.832. The molecule has 1 heterocycles. The minimum Gasteiger partial charge on any atom is -0.492 e. The van der Waals surface area contributed by atoms with Gasteiger partial charge in [0.25, 0.3) is 0 Å². The molecule has 6 heavy (non-hydrogen) atoms. The van der Waals surface area contributed by atoms with E-state index in [1.165, 1.54) is 0 Å². The summed E-state index contributed by atoms with van der Waals surface area (Å²) in [5.74, 6) is -0.287. The molecule has 0 aliphatic carbocycles. The summed E-state index contributed by atoms with van der Waals surface area (Å²) in [6.07, 6.45) is -0.123. The van der Waals surface area contributed by atoms with Crippen LogP contribution in [0.15, 0.2) is 12.2 Å². The third-order valence-corrected chi connectivity index (χ3v) is 0.404. The van der Waals surface area contributed by atoms with Gasteiger partial charge in [-0.15, -0.1) is 5.10 Å². The van der Waals surface area contributed by atoms with Gasteiger partial charge < -0.3 is 5.11 Å². The molecule has 0 amide bonds. The lowest BCUT2D eigenvalue weighted by Crippen LogP contribution is -1.59. The first kappa shape index (κ1) is 1.64. The van der Waals surface area contributed by atoms with Gasteiger partial charge in [-0.1, -0.05) is 0 Å². The van der Waals surface area contributed by atoms with Gasteiger partial charge in [-0.05, 0) is 0 Å². The summed E-state index contributed by atoms with van der Waals surface area (Å²) in [6.45, 7) is 0. The van der Waals surface area contributed by atoms with Crippen LogP contribution < -0.4 is 0 Å². The molecular weight excluding hydrogens is 80.0 g/mol. The third kappa shape index (κ3) is 0.337. The summed E-state index contributed by atoms with van der Waals surface area (Å²) in [5.41, 5.74) is 0. The van der Waals surface area contributed by atoms with Gasteiger partial charge in [0.15, 0.2) is 1.41 Å². The first-order chi connectivity index (χ1) is 3.70. The Morgan fingerprint density at radius 3 is 3.33 bits per heavy atom. The summed E-state index contributed by atoms with van der Waals surface area (Å²) in [7, 11) is 0. The second-order valence-corrected chi connectivity index (χ2v) is 0.832. The normalized spacial score (nSPS) is 13.3. The van der Waals surface area contributed by atoms with Gasteiger partial charge in [0.05, 0.1) is 1.37 Å². The van der Waals surface area contributed by atoms with Crippen LogP contribution in [0.2, 0.25) is 1.41 Å². The van der Waals surface area contributed by atoms with E-state index in [4.69, 9.17) is 7.89 Å². The molecule has 0 aliphatic rings. The number of aromatic hydroxyl groups is 1. The van der Waals surface area contributed by atoms with Crippen molar-refractivity contribution >= 4 is 0 Å². The zero-order valence-corrected chi connectivity index (χ0v) is 2.92. The van der Waals surface area contributed by atoms with E-state index in [2.05, 4.69) is 5.10 Å². The van der Waals surface area contributed by atoms with Crippen molar-refractivity contribution in [1.29, 1.82) is 0 Å². The number of rotatable bonds is 0. The fourth-order valence-corrected chi connectivity index (χ4v) is 0.196. The lowest BCUT2D eigenvalue weighted by atomic mass is 10.7. The van der Waals surface area contributed by atoms with Crippen LogP contribution in [0.25, 0.3) is 0 Å². The van der Waals surface area contributed by atoms with E-state index in [0.29, 0.717) is 5.09 Å². The molecule has 0 unspecified atom stereocenters. The number of hydrogen-bond donors (Lipinski definition) is 2. The standard InChI is InChI=1S/C3H4N2O/c6-3-1-2-4-5-3/h1-2H,(H2,4,5,6)/i2D/hD. The van der Waals surface area contributed by atoms with E-state index in [1.54, 1.807) is 0 Å². The van der Waals surface area contributed by atoms with Crippen molar-refractivity contribution in [1.82, 2.24) is 10.2 Å². The zero-order chi connectivity index (χ0) is 6.15. The maximum absolute atomic E-state index is 8.46. The highest BCUT2D eigenvalue weighted by molar-refractivity contribution is 5.00. The van der Waals surface area contributed by atoms with Crippen LogP contribution in [0.3, 0.4) is 0 Å². The molecule has 0 aromatic carbocycles. The molecular formula is C3H4N2O. The molecule has 1 rings (SSSR count). The largest absolute Gasteiger partial charge is 0.492 e. The number of aromatic nitrogens is 2. The highest BCUT2D eigenvalue weighted by atomic mass is 16.3. The van der Waals surface area contributed by atoms with E-state index in [0.717, 1.165) is 6.07 Å². The molecule has 1 aromatic rings. The van der Waals surface area contributed by atoms with E-state index >= 15 is 0 Å². The Morgan fingerprint density at radius 1 is 2.33 bits per heavy atom. The smallest absolute Gasteiger partial charge is 0.229 e. The maximum Gasteiger partial charge on any atom is 0.229 e. The quantitative estimate of drug-likeness (QED) is 0.471. The van der Waals surface area contributed by atoms with Crippen molar-refractivity contribution in [3.8, 4) is 5.88 Å². The molecule has 0 radical (unpaired) electrons. The predicted molar refractivity (Wildman–Crippen MR) is 20.3 cm³/mol. The van der Waals surface area contributed by atoms with Crippen LogP contribution in [0.5, 0.6) is 5.88 Å². The fraction of sp³-hybridized carbons (Fsp3) is 0. The molecule has 2 N–H and O–H groups in total. The topological polar surface area (TPSA) is 48.9 Å². The van der Waals surface area contributed by atoms with Crippen molar-refractivity contribution in [2.75, 3.05) is 0 Å². The summed E-state index contributed by atoms with van der Waals surface area (Å²) < 4.78 is 13.5.